The molecule has 1 aromatic heterocycles. The summed E-state index contributed by atoms with van der Waals surface area (Å²) in [5.41, 5.74) is 1.91. The second-order valence-electron chi connectivity index (χ2n) is 10.3. The zero-order valence-corrected chi connectivity index (χ0v) is 23.6. The molecule has 0 spiro atoms. The van der Waals surface area contributed by atoms with Gasteiger partial charge in [0.1, 0.15) is 16.8 Å². The molecule has 0 aromatic carbocycles. The molecule has 0 radical (unpaired) electrons. The first-order valence-corrected chi connectivity index (χ1v) is 12.9. The van der Waals surface area contributed by atoms with Crippen LogP contribution in [-0.2, 0) is 20.9 Å². The first kappa shape index (κ1) is 30.4. The van der Waals surface area contributed by atoms with Gasteiger partial charge in [-0.1, -0.05) is 49.1 Å². The van der Waals surface area contributed by atoms with Crippen molar-refractivity contribution in [3.63, 3.8) is 0 Å². The van der Waals surface area contributed by atoms with E-state index in [2.05, 4.69) is 27.4 Å². The standard InChI is InChI=1S/C17H22N2O4.C9H10ClN5O2/c1-6-7-18-9-13(20)19(16(18)22)10-23-15(21)14-12(8-11(2)3)17(14,4)5;10-8-2-1-7(5-12-8)6-14-4-3-11-9(14)13-15(16)17/h1,8,12,14H,7,9-10H2,2-5H3;1-2,5H,3-4,6H2,(H,11,13). The van der Waals surface area contributed by atoms with Crippen molar-refractivity contribution in [3.05, 3.63) is 50.8 Å². The van der Waals surface area contributed by atoms with E-state index in [0.717, 1.165) is 16.0 Å². The number of aromatic nitrogens is 1. The zero-order chi connectivity index (χ0) is 29.6. The molecule has 40 heavy (non-hydrogen) atoms. The number of imide groups is 1. The van der Waals surface area contributed by atoms with Crippen molar-refractivity contribution in [3.8, 4) is 12.3 Å². The van der Waals surface area contributed by atoms with Crippen LogP contribution in [0, 0.1) is 39.7 Å². The van der Waals surface area contributed by atoms with E-state index in [4.69, 9.17) is 22.8 Å². The number of hydrazone groups is 1. The second kappa shape index (κ2) is 12.8. The molecule has 2 unspecified atom stereocenters. The maximum absolute atomic E-state index is 12.2. The third kappa shape index (κ3) is 7.47. The molecular formula is C26H32ClN7O6. The lowest BCUT2D eigenvalue weighted by Gasteiger charge is -2.15. The van der Waals surface area contributed by atoms with E-state index < -0.39 is 17.0 Å². The number of rotatable bonds is 8. The first-order chi connectivity index (χ1) is 18.8. The number of urea groups is 1. The van der Waals surface area contributed by atoms with Crippen LogP contribution in [0.25, 0.3) is 0 Å². The zero-order valence-electron chi connectivity index (χ0n) is 22.8. The normalized spacial score (nSPS) is 21.8. The Morgan fingerprint density at radius 3 is 2.70 bits per heavy atom. The lowest BCUT2D eigenvalue weighted by molar-refractivity contribution is -0.485. The molecule has 2 atom stereocenters. The summed E-state index contributed by atoms with van der Waals surface area (Å²) in [5.74, 6) is 1.70. The Kier molecular flexibility index (Phi) is 9.70. The molecule has 4 rings (SSSR count). The molecule has 1 N–H and O–H groups in total. The van der Waals surface area contributed by atoms with Gasteiger partial charge >= 0.3 is 12.0 Å². The van der Waals surface area contributed by atoms with Gasteiger partial charge in [0, 0.05) is 25.8 Å². The highest BCUT2D eigenvalue weighted by Crippen LogP contribution is 2.59. The van der Waals surface area contributed by atoms with Gasteiger partial charge < -0.3 is 19.9 Å². The summed E-state index contributed by atoms with van der Waals surface area (Å²) < 4.78 is 5.20. The highest BCUT2D eigenvalue weighted by atomic mass is 35.5. The van der Waals surface area contributed by atoms with Gasteiger partial charge in [-0.25, -0.2) is 24.8 Å². The SMILES string of the molecule is C#CCN1CC(=O)N(COC(=O)C2C(C=C(C)C)C2(C)C)C1=O.O=[N+]([O-])/N=C1\NCCN1Cc1ccc(Cl)nc1. The first-order valence-electron chi connectivity index (χ1n) is 12.5. The summed E-state index contributed by atoms with van der Waals surface area (Å²) in [6.45, 7) is 9.45. The maximum atomic E-state index is 12.2. The van der Waals surface area contributed by atoms with Crippen molar-refractivity contribution in [1.29, 1.82) is 0 Å². The number of carbonyl (C=O) groups excluding carboxylic acids is 3. The van der Waals surface area contributed by atoms with Gasteiger partial charge in [-0.05, 0) is 36.8 Å². The predicted molar refractivity (Wildman–Crippen MR) is 146 cm³/mol. The lowest BCUT2D eigenvalue weighted by Crippen LogP contribution is -2.36. The summed E-state index contributed by atoms with van der Waals surface area (Å²) in [4.78, 5) is 54.2. The smallest absolute Gasteiger partial charge is 0.330 e. The third-order valence-electron chi connectivity index (χ3n) is 6.73. The van der Waals surface area contributed by atoms with Crippen molar-refractivity contribution in [1.82, 2.24) is 25.0 Å². The Bertz CT molecular complexity index is 1250. The Morgan fingerprint density at radius 2 is 2.10 bits per heavy atom. The number of ether oxygens (including phenoxy) is 1. The molecule has 2 saturated heterocycles. The Labute approximate surface area is 237 Å². The van der Waals surface area contributed by atoms with Crippen LogP contribution >= 0.6 is 11.6 Å². The maximum Gasteiger partial charge on any atom is 0.330 e. The molecule has 1 aromatic rings. The summed E-state index contributed by atoms with van der Waals surface area (Å²) in [6, 6.07) is 3.00. The predicted octanol–water partition coefficient (Wildman–Crippen LogP) is 2.31. The molecule has 0 bridgehead atoms. The minimum atomic E-state index is -0.708. The molecule has 214 valence electrons. The van der Waals surface area contributed by atoms with E-state index in [-0.39, 0.29) is 49.0 Å². The fourth-order valence-corrected chi connectivity index (χ4v) is 4.65. The van der Waals surface area contributed by atoms with Crippen LogP contribution in [-0.4, -0.2) is 81.5 Å². The van der Waals surface area contributed by atoms with Gasteiger partial charge in [-0.3, -0.25) is 9.59 Å². The number of allylic oxidation sites excluding steroid dienone is 2. The molecule has 3 heterocycles. The van der Waals surface area contributed by atoms with Gasteiger partial charge in [0.25, 0.3) is 11.9 Å². The molecule has 3 aliphatic rings. The number of hydrogen-bond acceptors (Lipinski definition) is 7. The van der Waals surface area contributed by atoms with Crippen molar-refractivity contribution >= 4 is 35.5 Å². The quantitative estimate of drug-likeness (QED) is 0.0939. The van der Waals surface area contributed by atoms with E-state index in [9.17, 15) is 24.5 Å². The van der Waals surface area contributed by atoms with Crippen LogP contribution in [0.15, 0.2) is 35.1 Å². The Balaban J connectivity index is 0.000000230. The average molecular weight is 574 g/mol. The third-order valence-corrected chi connectivity index (χ3v) is 6.95. The summed E-state index contributed by atoms with van der Waals surface area (Å²) in [6.07, 6.45) is 8.86. The van der Waals surface area contributed by atoms with E-state index in [1.807, 2.05) is 33.8 Å². The van der Waals surface area contributed by atoms with Crippen molar-refractivity contribution in [2.24, 2.45) is 22.4 Å². The molecule has 3 amide bonds. The summed E-state index contributed by atoms with van der Waals surface area (Å²) >= 11 is 5.68. The van der Waals surface area contributed by atoms with Crippen LogP contribution in [0.4, 0.5) is 4.79 Å². The van der Waals surface area contributed by atoms with Gasteiger partial charge in [0.2, 0.25) is 0 Å². The van der Waals surface area contributed by atoms with Crippen molar-refractivity contribution < 1.29 is 24.2 Å². The van der Waals surface area contributed by atoms with Gasteiger partial charge in [-0.2, -0.15) is 0 Å². The summed E-state index contributed by atoms with van der Waals surface area (Å²) in [5, 5.41) is 16.2. The Morgan fingerprint density at radius 1 is 1.38 bits per heavy atom. The number of terminal acetylenes is 1. The number of nitro groups is 1. The number of pyridine rings is 1. The van der Waals surface area contributed by atoms with E-state index in [1.54, 1.807) is 17.2 Å². The number of carbonyl (C=O) groups is 3. The van der Waals surface area contributed by atoms with Crippen LogP contribution in [0.3, 0.4) is 0 Å². The highest BCUT2D eigenvalue weighted by Gasteiger charge is 2.61. The molecule has 3 fully saturated rings. The van der Waals surface area contributed by atoms with Crippen LogP contribution in [0.5, 0.6) is 0 Å². The molecule has 14 heteroatoms. The summed E-state index contributed by atoms with van der Waals surface area (Å²) in [7, 11) is 0. The number of halogens is 1. The van der Waals surface area contributed by atoms with Gasteiger partial charge in [0.15, 0.2) is 11.8 Å². The van der Waals surface area contributed by atoms with Crippen LogP contribution < -0.4 is 5.32 Å². The van der Waals surface area contributed by atoms with Gasteiger partial charge in [-0.15, -0.1) is 6.42 Å². The molecule has 1 saturated carbocycles. The molecule has 1 aliphatic carbocycles. The van der Waals surface area contributed by atoms with Crippen LogP contribution in [0.1, 0.15) is 33.3 Å². The minimum absolute atomic E-state index is 0.0628. The van der Waals surface area contributed by atoms with E-state index in [1.165, 1.54) is 4.90 Å². The van der Waals surface area contributed by atoms with Crippen LogP contribution in [0.2, 0.25) is 5.15 Å². The van der Waals surface area contributed by atoms with Crippen molar-refractivity contribution in [2.75, 3.05) is 32.9 Å². The minimum Gasteiger partial charge on any atom is -0.443 e. The number of esters is 1. The lowest BCUT2D eigenvalue weighted by atomic mass is 10.1. The fourth-order valence-electron chi connectivity index (χ4n) is 4.54. The van der Waals surface area contributed by atoms with Crippen molar-refractivity contribution in [2.45, 2.75) is 34.2 Å². The van der Waals surface area contributed by atoms with E-state index in [0.29, 0.717) is 24.8 Å². The van der Waals surface area contributed by atoms with E-state index >= 15 is 0 Å². The number of amides is 3. The molecular weight excluding hydrogens is 542 g/mol. The number of guanidine groups is 1. The second-order valence-corrected chi connectivity index (χ2v) is 10.7. The van der Waals surface area contributed by atoms with Gasteiger partial charge in [0.05, 0.1) is 12.5 Å². The largest absolute Gasteiger partial charge is 0.443 e. The number of nitrogens with one attached hydrogen (secondary N) is 1. The number of hydrogen-bond donors (Lipinski definition) is 1. The average Bonchev–Trinajstić information content (AvgIpc) is 3.10. The number of nitrogens with zero attached hydrogens (tertiary/aromatic N) is 6. The molecule has 13 nitrogen and oxygen atoms in total. The fraction of sp³-hybridized carbons (Fsp3) is 0.500. The Hall–Kier alpha value is -4.18. The highest BCUT2D eigenvalue weighted by molar-refractivity contribution is 6.29. The monoisotopic (exact) mass is 573 g/mol. The topological polar surface area (TPSA) is 151 Å². The molecule has 2 aliphatic heterocycles.